The van der Waals surface area contributed by atoms with Crippen LogP contribution in [0.3, 0.4) is 0 Å². The van der Waals surface area contributed by atoms with Gasteiger partial charge >= 0.3 is 0 Å². The lowest BCUT2D eigenvalue weighted by Crippen LogP contribution is -2.45. The lowest BCUT2D eigenvalue weighted by Gasteiger charge is -2.35. The second kappa shape index (κ2) is 6.64. The predicted molar refractivity (Wildman–Crippen MR) is 78.3 cm³/mol. The number of rotatable bonds is 5. The molecule has 1 aromatic heterocycles. The first-order valence-electron chi connectivity index (χ1n) is 7.03. The molecule has 3 nitrogen and oxygen atoms in total. The van der Waals surface area contributed by atoms with Gasteiger partial charge in [0, 0.05) is 36.1 Å². The summed E-state index contributed by atoms with van der Waals surface area (Å²) in [6, 6.07) is 1.39. The summed E-state index contributed by atoms with van der Waals surface area (Å²) in [6.07, 6.45) is 4.46. The first-order chi connectivity index (χ1) is 8.66. The quantitative estimate of drug-likeness (QED) is 0.889. The smallest absolute Gasteiger partial charge is 0.0965 e. The van der Waals surface area contributed by atoms with Gasteiger partial charge in [0.15, 0.2) is 0 Å². The largest absolute Gasteiger partial charge is 0.313 e. The summed E-state index contributed by atoms with van der Waals surface area (Å²) in [5, 5.41) is 7.02. The highest BCUT2D eigenvalue weighted by molar-refractivity contribution is 7.09. The fraction of sp³-hybridized carbons (Fsp3) is 0.786. The van der Waals surface area contributed by atoms with E-state index in [2.05, 4.69) is 41.4 Å². The Morgan fingerprint density at radius 2 is 2.11 bits per heavy atom. The van der Waals surface area contributed by atoms with Crippen LogP contribution in [-0.2, 0) is 0 Å². The predicted octanol–water partition coefficient (Wildman–Crippen LogP) is 2.71. The molecule has 0 aromatic carbocycles. The van der Waals surface area contributed by atoms with Crippen molar-refractivity contribution in [3.05, 3.63) is 16.6 Å². The van der Waals surface area contributed by atoms with Crippen molar-refractivity contribution in [3.8, 4) is 0 Å². The highest BCUT2D eigenvalue weighted by Gasteiger charge is 2.21. The zero-order chi connectivity index (χ0) is 13.0. The van der Waals surface area contributed by atoms with Crippen molar-refractivity contribution >= 4 is 11.3 Å². The van der Waals surface area contributed by atoms with Crippen LogP contribution in [-0.4, -0.2) is 41.6 Å². The van der Waals surface area contributed by atoms with Crippen LogP contribution < -0.4 is 5.32 Å². The molecule has 2 heterocycles. The van der Waals surface area contributed by atoms with Gasteiger partial charge in [0.2, 0.25) is 0 Å². The number of aromatic nitrogens is 1. The molecule has 1 atom stereocenters. The molecule has 1 unspecified atom stereocenters. The average Bonchev–Trinajstić information content (AvgIpc) is 2.90. The number of nitrogens with zero attached hydrogens (tertiary/aromatic N) is 2. The van der Waals surface area contributed by atoms with Crippen LogP contribution in [0.4, 0.5) is 0 Å². The normalized spacial score (nSPS) is 20.4. The van der Waals surface area contributed by atoms with Gasteiger partial charge in [0.1, 0.15) is 0 Å². The van der Waals surface area contributed by atoms with Gasteiger partial charge in [-0.25, -0.2) is 4.98 Å². The minimum Gasteiger partial charge on any atom is -0.313 e. The molecular formula is C14H25N3S. The molecule has 0 bridgehead atoms. The molecule has 0 aliphatic carbocycles. The fourth-order valence-corrected chi connectivity index (χ4v) is 3.23. The highest BCUT2D eigenvalue weighted by atomic mass is 32.1. The number of hydrogen-bond donors (Lipinski definition) is 1. The zero-order valence-electron chi connectivity index (χ0n) is 11.7. The monoisotopic (exact) mass is 267 g/mol. The van der Waals surface area contributed by atoms with E-state index in [4.69, 9.17) is 0 Å². The molecular weight excluding hydrogens is 242 g/mol. The maximum atomic E-state index is 4.39. The van der Waals surface area contributed by atoms with E-state index < -0.39 is 0 Å². The summed E-state index contributed by atoms with van der Waals surface area (Å²) >= 11 is 1.76. The molecule has 1 aliphatic rings. The molecule has 1 aliphatic heterocycles. The number of piperidine rings is 1. The van der Waals surface area contributed by atoms with E-state index in [1.807, 2.05) is 6.20 Å². The zero-order valence-corrected chi connectivity index (χ0v) is 12.5. The Morgan fingerprint density at radius 1 is 1.39 bits per heavy atom. The Morgan fingerprint density at radius 3 is 2.67 bits per heavy atom. The number of nitrogens with one attached hydrogen (secondary N) is 1. The summed E-state index contributed by atoms with van der Waals surface area (Å²) < 4.78 is 0. The van der Waals surface area contributed by atoms with Crippen molar-refractivity contribution in [3.63, 3.8) is 0 Å². The Balaban J connectivity index is 1.69. The summed E-state index contributed by atoms with van der Waals surface area (Å²) in [6.45, 7) is 10.4. The van der Waals surface area contributed by atoms with Crippen molar-refractivity contribution in [1.82, 2.24) is 15.2 Å². The van der Waals surface area contributed by atoms with Crippen LogP contribution in [0.2, 0.25) is 0 Å². The lowest BCUT2D eigenvalue weighted by molar-refractivity contribution is 0.161. The Hall–Kier alpha value is -0.450. The van der Waals surface area contributed by atoms with Crippen LogP contribution in [0.5, 0.6) is 0 Å². The first kappa shape index (κ1) is 14.0. The molecule has 1 aromatic rings. The topological polar surface area (TPSA) is 28.2 Å². The molecule has 0 radical (unpaired) electrons. The summed E-state index contributed by atoms with van der Waals surface area (Å²) in [5.41, 5.74) is 0. The van der Waals surface area contributed by atoms with Crippen LogP contribution in [0.1, 0.15) is 44.5 Å². The molecule has 4 heteroatoms. The van der Waals surface area contributed by atoms with Gasteiger partial charge in [-0.2, -0.15) is 0 Å². The SMILES string of the molecule is CC(CNC1CCN(C(C)C)CC1)c1nccs1. The minimum atomic E-state index is 0.535. The molecule has 0 spiro atoms. The maximum Gasteiger partial charge on any atom is 0.0965 e. The minimum absolute atomic E-state index is 0.535. The van der Waals surface area contributed by atoms with Crippen LogP contribution in [0.15, 0.2) is 11.6 Å². The van der Waals surface area contributed by atoms with Crippen LogP contribution in [0, 0.1) is 0 Å². The van der Waals surface area contributed by atoms with Crippen molar-refractivity contribution in [2.24, 2.45) is 0 Å². The molecule has 1 N–H and O–H groups in total. The second-order valence-electron chi connectivity index (χ2n) is 5.58. The van der Waals surface area contributed by atoms with E-state index in [-0.39, 0.29) is 0 Å². The second-order valence-corrected chi connectivity index (χ2v) is 6.51. The molecule has 1 saturated heterocycles. The summed E-state index contributed by atoms with van der Waals surface area (Å²) in [5.74, 6) is 0.535. The van der Waals surface area contributed by atoms with Crippen molar-refractivity contribution in [2.45, 2.75) is 51.6 Å². The van der Waals surface area contributed by atoms with E-state index in [0.717, 1.165) is 6.54 Å². The van der Waals surface area contributed by atoms with Gasteiger partial charge in [0.25, 0.3) is 0 Å². The van der Waals surface area contributed by atoms with Crippen molar-refractivity contribution in [2.75, 3.05) is 19.6 Å². The van der Waals surface area contributed by atoms with E-state index in [1.165, 1.54) is 30.9 Å². The molecule has 102 valence electrons. The van der Waals surface area contributed by atoms with Crippen molar-refractivity contribution in [1.29, 1.82) is 0 Å². The number of hydrogen-bond acceptors (Lipinski definition) is 4. The first-order valence-corrected chi connectivity index (χ1v) is 7.91. The van der Waals surface area contributed by atoms with E-state index in [1.54, 1.807) is 11.3 Å². The standard InChI is InChI=1S/C14H25N3S/c1-11(2)17-7-4-13(5-8-17)16-10-12(3)14-15-6-9-18-14/h6,9,11-13,16H,4-5,7-8,10H2,1-3H3. The molecule has 1 fully saturated rings. The van der Waals surface area contributed by atoms with E-state index in [0.29, 0.717) is 18.0 Å². The highest BCUT2D eigenvalue weighted by Crippen LogP contribution is 2.18. The summed E-state index contributed by atoms with van der Waals surface area (Å²) in [4.78, 5) is 6.96. The molecule has 0 amide bonds. The Kier molecular flexibility index (Phi) is 5.15. The third-order valence-corrected chi connectivity index (χ3v) is 4.85. The Bertz CT molecular complexity index is 329. The maximum absolute atomic E-state index is 4.39. The van der Waals surface area contributed by atoms with Gasteiger partial charge in [-0.15, -0.1) is 11.3 Å². The molecule has 0 saturated carbocycles. The van der Waals surface area contributed by atoms with Gasteiger partial charge in [-0.3, -0.25) is 0 Å². The van der Waals surface area contributed by atoms with Crippen LogP contribution >= 0.6 is 11.3 Å². The summed E-state index contributed by atoms with van der Waals surface area (Å²) in [7, 11) is 0. The van der Waals surface area contributed by atoms with E-state index in [9.17, 15) is 0 Å². The average molecular weight is 267 g/mol. The third-order valence-electron chi connectivity index (χ3n) is 3.85. The van der Waals surface area contributed by atoms with Crippen molar-refractivity contribution < 1.29 is 0 Å². The third kappa shape index (κ3) is 3.77. The molecule has 18 heavy (non-hydrogen) atoms. The van der Waals surface area contributed by atoms with Gasteiger partial charge in [-0.1, -0.05) is 6.92 Å². The van der Waals surface area contributed by atoms with Crippen LogP contribution in [0.25, 0.3) is 0 Å². The fourth-order valence-electron chi connectivity index (χ4n) is 2.53. The van der Waals surface area contributed by atoms with Gasteiger partial charge < -0.3 is 10.2 Å². The van der Waals surface area contributed by atoms with E-state index >= 15 is 0 Å². The number of thiazole rings is 1. The van der Waals surface area contributed by atoms with Gasteiger partial charge in [0.05, 0.1) is 5.01 Å². The number of likely N-dealkylation sites (tertiary alicyclic amines) is 1. The Labute approximate surface area is 115 Å². The lowest BCUT2D eigenvalue weighted by atomic mass is 10.0. The van der Waals surface area contributed by atoms with Gasteiger partial charge in [-0.05, 0) is 39.8 Å². The molecule has 2 rings (SSSR count).